The van der Waals surface area contributed by atoms with Gasteiger partial charge in [0, 0.05) is 25.1 Å². The van der Waals surface area contributed by atoms with E-state index in [4.69, 9.17) is 9.84 Å². The molecule has 1 unspecified atom stereocenters. The monoisotopic (exact) mass is 309 g/mol. The van der Waals surface area contributed by atoms with Crippen molar-refractivity contribution in [1.82, 2.24) is 4.72 Å². The van der Waals surface area contributed by atoms with Crippen LogP contribution in [0.2, 0.25) is 0 Å². The number of methoxy groups -OCH3 is 1. The average Bonchev–Trinajstić information content (AvgIpc) is 2.47. The molecule has 0 saturated heterocycles. The van der Waals surface area contributed by atoms with Crippen molar-refractivity contribution < 1.29 is 18.3 Å². The van der Waals surface area contributed by atoms with Crippen LogP contribution in [0.25, 0.3) is 10.8 Å². The van der Waals surface area contributed by atoms with Gasteiger partial charge in [-0.2, -0.15) is 0 Å². The molecule has 0 aliphatic rings. The first-order chi connectivity index (χ1) is 10.1. The Morgan fingerprint density at radius 1 is 1.19 bits per heavy atom. The van der Waals surface area contributed by atoms with Gasteiger partial charge in [-0.25, -0.2) is 13.1 Å². The van der Waals surface area contributed by atoms with Crippen LogP contribution in [0.1, 0.15) is 6.42 Å². The van der Waals surface area contributed by atoms with Crippen molar-refractivity contribution in [3.05, 3.63) is 42.5 Å². The van der Waals surface area contributed by atoms with Crippen LogP contribution in [-0.4, -0.2) is 39.9 Å². The molecule has 114 valence electrons. The van der Waals surface area contributed by atoms with E-state index in [0.717, 1.165) is 5.39 Å². The van der Waals surface area contributed by atoms with E-state index < -0.39 is 16.1 Å². The summed E-state index contributed by atoms with van der Waals surface area (Å²) in [5.41, 5.74) is 0. The zero-order chi connectivity index (χ0) is 15.3. The van der Waals surface area contributed by atoms with E-state index in [9.17, 15) is 8.42 Å². The third-order valence-electron chi connectivity index (χ3n) is 3.21. The average molecular weight is 309 g/mol. The Kier molecular flexibility index (Phi) is 5.30. The van der Waals surface area contributed by atoms with Gasteiger partial charge >= 0.3 is 0 Å². The maximum atomic E-state index is 12.6. The van der Waals surface area contributed by atoms with Gasteiger partial charge in [-0.1, -0.05) is 36.4 Å². The zero-order valence-corrected chi connectivity index (χ0v) is 12.6. The van der Waals surface area contributed by atoms with E-state index in [0.29, 0.717) is 11.8 Å². The van der Waals surface area contributed by atoms with Gasteiger partial charge in [0.1, 0.15) is 0 Å². The molecule has 2 aromatic rings. The lowest BCUT2D eigenvalue weighted by Crippen LogP contribution is -2.38. The number of benzene rings is 2. The van der Waals surface area contributed by atoms with Crippen molar-refractivity contribution in [3.63, 3.8) is 0 Å². The number of nitrogens with one attached hydrogen (secondary N) is 1. The molecule has 2 aromatic carbocycles. The van der Waals surface area contributed by atoms with Crippen molar-refractivity contribution in [2.75, 3.05) is 20.3 Å². The van der Waals surface area contributed by atoms with E-state index in [2.05, 4.69) is 4.72 Å². The fourth-order valence-corrected chi connectivity index (χ4v) is 3.73. The molecular formula is C15H19NO4S. The molecule has 6 heteroatoms. The number of hydrogen-bond acceptors (Lipinski definition) is 4. The molecule has 0 spiro atoms. The van der Waals surface area contributed by atoms with Crippen molar-refractivity contribution in [3.8, 4) is 0 Å². The molecule has 2 N–H and O–H groups in total. The number of aliphatic hydroxyl groups excluding tert-OH is 1. The molecule has 1 atom stereocenters. The van der Waals surface area contributed by atoms with E-state index in [1.165, 1.54) is 7.11 Å². The minimum absolute atomic E-state index is 0.105. The first kappa shape index (κ1) is 15.9. The number of aliphatic hydroxyl groups is 1. The second kappa shape index (κ2) is 7.00. The highest BCUT2D eigenvalue weighted by Crippen LogP contribution is 2.22. The van der Waals surface area contributed by atoms with Gasteiger partial charge in [0.15, 0.2) is 0 Å². The van der Waals surface area contributed by atoms with Gasteiger partial charge in [-0.05, 0) is 17.9 Å². The Labute approximate surface area is 124 Å². The fourth-order valence-electron chi connectivity index (χ4n) is 2.25. The summed E-state index contributed by atoms with van der Waals surface area (Å²) in [6, 6.07) is 12.0. The number of rotatable bonds is 7. The van der Waals surface area contributed by atoms with Crippen LogP contribution < -0.4 is 4.72 Å². The van der Waals surface area contributed by atoms with Gasteiger partial charge in [0.25, 0.3) is 0 Å². The predicted molar refractivity (Wildman–Crippen MR) is 81.6 cm³/mol. The topological polar surface area (TPSA) is 75.6 Å². The highest BCUT2D eigenvalue weighted by atomic mass is 32.2. The summed E-state index contributed by atoms with van der Waals surface area (Å²) in [7, 11) is -2.17. The Bertz CT molecular complexity index is 688. The number of fused-ring (bicyclic) bond motifs is 1. The molecule has 0 heterocycles. The zero-order valence-electron chi connectivity index (χ0n) is 11.8. The first-order valence-corrected chi connectivity index (χ1v) is 8.16. The maximum absolute atomic E-state index is 12.6. The van der Waals surface area contributed by atoms with Gasteiger partial charge in [0.05, 0.1) is 11.5 Å². The van der Waals surface area contributed by atoms with E-state index in [1.54, 1.807) is 18.2 Å². The van der Waals surface area contributed by atoms with Gasteiger partial charge in [-0.3, -0.25) is 0 Å². The smallest absolute Gasteiger partial charge is 0.241 e. The molecule has 0 aromatic heterocycles. The molecular weight excluding hydrogens is 290 g/mol. The third kappa shape index (κ3) is 3.79. The summed E-state index contributed by atoms with van der Waals surface area (Å²) in [6.07, 6.45) is 0.303. The van der Waals surface area contributed by atoms with E-state index in [-0.39, 0.29) is 18.1 Å². The minimum atomic E-state index is -3.67. The highest BCUT2D eigenvalue weighted by molar-refractivity contribution is 7.89. The fraction of sp³-hybridized carbons (Fsp3) is 0.333. The third-order valence-corrected chi connectivity index (χ3v) is 4.79. The molecule has 0 amide bonds. The molecule has 0 aliphatic carbocycles. The molecule has 0 radical (unpaired) electrons. The van der Waals surface area contributed by atoms with Crippen LogP contribution in [0.3, 0.4) is 0 Å². The normalized spacial score (nSPS) is 13.4. The van der Waals surface area contributed by atoms with Crippen molar-refractivity contribution in [1.29, 1.82) is 0 Å². The molecule has 0 saturated carbocycles. The Hall–Kier alpha value is -1.47. The quantitative estimate of drug-likeness (QED) is 0.813. The lowest BCUT2D eigenvalue weighted by molar-refractivity contribution is 0.158. The Morgan fingerprint density at radius 3 is 2.62 bits per heavy atom. The molecule has 0 fully saturated rings. The van der Waals surface area contributed by atoms with Gasteiger partial charge in [-0.15, -0.1) is 0 Å². The van der Waals surface area contributed by atoms with Gasteiger partial charge < -0.3 is 9.84 Å². The van der Waals surface area contributed by atoms with Crippen LogP contribution >= 0.6 is 0 Å². The lowest BCUT2D eigenvalue weighted by Gasteiger charge is -2.17. The standard InChI is InChI=1S/C15H19NO4S/c1-20-11-13(9-10-17)16-21(18,19)15-8-4-6-12-5-2-3-7-14(12)15/h2-8,13,16-17H,9-11H2,1H3. The SMILES string of the molecule is COCC(CCO)NS(=O)(=O)c1cccc2ccccc12. The van der Waals surface area contributed by atoms with E-state index in [1.807, 2.05) is 24.3 Å². The number of ether oxygens (including phenoxy) is 1. The molecule has 0 bridgehead atoms. The largest absolute Gasteiger partial charge is 0.396 e. The molecule has 2 rings (SSSR count). The Balaban J connectivity index is 2.37. The highest BCUT2D eigenvalue weighted by Gasteiger charge is 2.21. The summed E-state index contributed by atoms with van der Waals surface area (Å²) in [5.74, 6) is 0. The summed E-state index contributed by atoms with van der Waals surface area (Å²) in [4.78, 5) is 0.236. The second-order valence-corrected chi connectivity index (χ2v) is 6.45. The Morgan fingerprint density at radius 2 is 1.90 bits per heavy atom. The van der Waals surface area contributed by atoms with Crippen LogP contribution in [0.15, 0.2) is 47.4 Å². The first-order valence-electron chi connectivity index (χ1n) is 6.68. The number of hydrogen-bond donors (Lipinski definition) is 2. The van der Waals surface area contributed by atoms with Crippen LogP contribution in [0, 0.1) is 0 Å². The molecule has 0 aliphatic heterocycles. The molecule has 5 nitrogen and oxygen atoms in total. The van der Waals surface area contributed by atoms with Crippen LogP contribution in [0.5, 0.6) is 0 Å². The summed E-state index contributed by atoms with van der Waals surface area (Å²) in [6.45, 7) is 0.108. The number of sulfonamides is 1. The molecule has 21 heavy (non-hydrogen) atoms. The van der Waals surface area contributed by atoms with Crippen molar-refractivity contribution in [2.24, 2.45) is 0 Å². The summed E-state index contributed by atoms with van der Waals surface area (Å²) in [5, 5.41) is 10.6. The van der Waals surface area contributed by atoms with Crippen molar-refractivity contribution in [2.45, 2.75) is 17.4 Å². The van der Waals surface area contributed by atoms with Crippen molar-refractivity contribution >= 4 is 20.8 Å². The maximum Gasteiger partial charge on any atom is 0.241 e. The van der Waals surface area contributed by atoms with Crippen LogP contribution in [0.4, 0.5) is 0 Å². The lowest BCUT2D eigenvalue weighted by atomic mass is 10.1. The summed E-state index contributed by atoms with van der Waals surface area (Å²) < 4.78 is 32.7. The van der Waals surface area contributed by atoms with Gasteiger partial charge in [0.2, 0.25) is 10.0 Å². The van der Waals surface area contributed by atoms with E-state index >= 15 is 0 Å². The second-order valence-electron chi connectivity index (χ2n) is 4.76. The summed E-state index contributed by atoms with van der Waals surface area (Å²) >= 11 is 0. The minimum Gasteiger partial charge on any atom is -0.396 e. The predicted octanol–water partition coefficient (Wildman–Crippen LogP) is 1.52. The van der Waals surface area contributed by atoms with Crippen LogP contribution in [-0.2, 0) is 14.8 Å².